The van der Waals surface area contributed by atoms with Crippen LogP contribution in [0.4, 0.5) is 0 Å². The molecule has 26 heavy (non-hydrogen) atoms. The first-order valence-electron chi connectivity index (χ1n) is 8.85. The average molecular weight is 351 g/mol. The van der Waals surface area contributed by atoms with Gasteiger partial charge in [0.15, 0.2) is 0 Å². The maximum Gasteiger partial charge on any atom is 0.258 e. The summed E-state index contributed by atoms with van der Waals surface area (Å²) in [6.07, 6.45) is 6.07. The molecule has 0 saturated carbocycles. The summed E-state index contributed by atoms with van der Waals surface area (Å²) >= 11 is 0. The van der Waals surface area contributed by atoms with Crippen LogP contribution in [0.15, 0.2) is 41.5 Å². The zero-order valence-corrected chi connectivity index (χ0v) is 14.6. The summed E-state index contributed by atoms with van der Waals surface area (Å²) in [5.41, 5.74) is 2.64. The van der Waals surface area contributed by atoms with Gasteiger partial charge < -0.3 is 20.0 Å². The van der Waals surface area contributed by atoms with E-state index >= 15 is 0 Å². The number of aromatic hydroxyl groups is 1. The van der Waals surface area contributed by atoms with Gasteiger partial charge in [-0.25, -0.2) is 0 Å². The van der Waals surface area contributed by atoms with Crippen LogP contribution >= 0.6 is 0 Å². The van der Waals surface area contributed by atoms with Crippen molar-refractivity contribution < 1.29 is 9.90 Å². The van der Waals surface area contributed by atoms with Gasteiger partial charge >= 0.3 is 0 Å². The van der Waals surface area contributed by atoms with Gasteiger partial charge in [-0.05, 0) is 49.4 Å². The highest BCUT2D eigenvalue weighted by Gasteiger charge is 2.30. The summed E-state index contributed by atoms with van der Waals surface area (Å²) in [5, 5.41) is 10.2. The number of amides is 1. The second kappa shape index (κ2) is 6.37. The number of pyridine rings is 1. The van der Waals surface area contributed by atoms with Crippen molar-refractivity contribution >= 4 is 16.8 Å². The summed E-state index contributed by atoms with van der Waals surface area (Å²) in [4.78, 5) is 33.2. The standard InChI is InChI=1S/C20H21N3O3/c1-12-10-22-19(25)17-15(11-21-18(12)17)20(26)23-8-3-2-7-16(23)13-5-4-6-14(24)9-13/h4-6,9-11,16,21,24H,2-3,7-8H2,1H3,(H,22,25). The maximum absolute atomic E-state index is 13.3. The molecule has 1 aromatic carbocycles. The normalized spacial score (nSPS) is 17.6. The number of nitrogens with zero attached hydrogens (tertiary/aromatic N) is 1. The number of nitrogens with one attached hydrogen (secondary N) is 2. The van der Waals surface area contributed by atoms with Crippen LogP contribution in [-0.2, 0) is 0 Å². The van der Waals surface area contributed by atoms with Crippen LogP contribution in [0.5, 0.6) is 5.75 Å². The Bertz CT molecular complexity index is 1030. The van der Waals surface area contributed by atoms with Crippen molar-refractivity contribution in [3.63, 3.8) is 0 Å². The van der Waals surface area contributed by atoms with Crippen LogP contribution < -0.4 is 5.56 Å². The molecule has 0 bridgehead atoms. The van der Waals surface area contributed by atoms with Crippen molar-refractivity contribution in [2.75, 3.05) is 6.54 Å². The largest absolute Gasteiger partial charge is 0.508 e. The molecule has 1 unspecified atom stereocenters. The second-order valence-electron chi connectivity index (χ2n) is 6.86. The Hall–Kier alpha value is -3.02. The number of rotatable bonds is 2. The number of fused-ring (bicyclic) bond motifs is 1. The summed E-state index contributed by atoms with van der Waals surface area (Å²) in [6.45, 7) is 2.52. The van der Waals surface area contributed by atoms with Gasteiger partial charge in [-0.15, -0.1) is 0 Å². The molecule has 6 nitrogen and oxygen atoms in total. The predicted octanol–water partition coefficient (Wildman–Crippen LogP) is 3.24. The Morgan fingerprint density at radius 1 is 1.23 bits per heavy atom. The maximum atomic E-state index is 13.3. The summed E-state index contributed by atoms with van der Waals surface area (Å²) in [6, 6.07) is 6.96. The Balaban J connectivity index is 1.77. The highest BCUT2D eigenvalue weighted by atomic mass is 16.3. The lowest BCUT2D eigenvalue weighted by atomic mass is 9.94. The quantitative estimate of drug-likeness (QED) is 0.662. The van der Waals surface area contributed by atoms with E-state index in [0.717, 1.165) is 30.4 Å². The first-order valence-corrected chi connectivity index (χ1v) is 8.85. The SMILES string of the molecule is Cc1c[nH]c(=O)c2c(C(=O)N3CCCCC3c3cccc(O)c3)c[nH]c12. The minimum absolute atomic E-state index is 0.0998. The fraction of sp³-hybridized carbons (Fsp3) is 0.300. The van der Waals surface area contributed by atoms with E-state index in [9.17, 15) is 14.7 Å². The lowest BCUT2D eigenvalue weighted by Crippen LogP contribution is -2.38. The van der Waals surface area contributed by atoms with E-state index in [-0.39, 0.29) is 23.3 Å². The third kappa shape index (κ3) is 2.67. The Kier molecular flexibility index (Phi) is 4.03. The smallest absolute Gasteiger partial charge is 0.258 e. The molecule has 1 amide bonds. The minimum atomic E-state index is -0.263. The van der Waals surface area contributed by atoms with E-state index in [1.165, 1.54) is 0 Å². The van der Waals surface area contributed by atoms with Crippen molar-refractivity contribution in [3.8, 4) is 5.75 Å². The number of aromatic amines is 2. The summed E-state index contributed by atoms with van der Waals surface area (Å²) in [5.74, 6) is 0.0417. The number of aryl methyl sites for hydroxylation is 1. The molecule has 1 atom stereocenters. The van der Waals surface area contributed by atoms with Crippen LogP contribution in [0.3, 0.4) is 0 Å². The van der Waals surface area contributed by atoms with Crippen LogP contribution in [0, 0.1) is 6.92 Å². The molecule has 1 saturated heterocycles. The molecule has 3 aromatic rings. The molecule has 1 aliphatic rings. The van der Waals surface area contributed by atoms with Gasteiger partial charge in [0, 0.05) is 18.9 Å². The highest BCUT2D eigenvalue weighted by Crippen LogP contribution is 2.34. The Labute approximate surface area is 150 Å². The number of likely N-dealkylation sites (tertiary alicyclic amines) is 1. The van der Waals surface area contributed by atoms with E-state index in [2.05, 4.69) is 9.97 Å². The molecule has 3 N–H and O–H groups in total. The Morgan fingerprint density at radius 3 is 2.88 bits per heavy atom. The molecule has 0 aliphatic carbocycles. The zero-order chi connectivity index (χ0) is 18.3. The lowest BCUT2D eigenvalue weighted by Gasteiger charge is -2.36. The topological polar surface area (TPSA) is 89.2 Å². The molecular weight excluding hydrogens is 330 g/mol. The van der Waals surface area contributed by atoms with E-state index in [0.29, 0.717) is 23.0 Å². The van der Waals surface area contributed by atoms with Crippen LogP contribution in [0.1, 0.15) is 46.8 Å². The van der Waals surface area contributed by atoms with Crippen LogP contribution in [-0.4, -0.2) is 32.4 Å². The van der Waals surface area contributed by atoms with Crippen LogP contribution in [0.2, 0.25) is 0 Å². The number of phenols is 1. The number of H-pyrrole nitrogens is 2. The fourth-order valence-electron chi connectivity index (χ4n) is 3.86. The molecule has 1 aliphatic heterocycles. The number of carbonyl (C=O) groups excluding carboxylic acids is 1. The van der Waals surface area contributed by atoms with Crippen molar-refractivity contribution in [2.24, 2.45) is 0 Å². The number of benzene rings is 1. The number of carbonyl (C=O) groups is 1. The number of hydrogen-bond donors (Lipinski definition) is 3. The molecular formula is C20H21N3O3. The van der Waals surface area contributed by atoms with Crippen molar-refractivity contribution in [1.82, 2.24) is 14.9 Å². The molecule has 3 heterocycles. The number of piperidine rings is 1. The van der Waals surface area contributed by atoms with Crippen molar-refractivity contribution in [2.45, 2.75) is 32.2 Å². The second-order valence-corrected chi connectivity index (χ2v) is 6.86. The first-order chi connectivity index (χ1) is 12.6. The fourth-order valence-corrected chi connectivity index (χ4v) is 3.86. The highest BCUT2D eigenvalue weighted by molar-refractivity contribution is 6.07. The number of phenolic OH excluding ortho intramolecular Hbond substituents is 1. The molecule has 0 spiro atoms. The van der Waals surface area contributed by atoms with Crippen LogP contribution in [0.25, 0.3) is 10.9 Å². The molecule has 4 rings (SSSR count). The van der Waals surface area contributed by atoms with E-state index in [1.54, 1.807) is 30.6 Å². The average Bonchev–Trinajstić information content (AvgIpc) is 3.11. The number of hydrogen-bond acceptors (Lipinski definition) is 3. The van der Waals surface area contributed by atoms with E-state index < -0.39 is 0 Å². The zero-order valence-electron chi connectivity index (χ0n) is 14.6. The van der Waals surface area contributed by atoms with Gasteiger partial charge in [0.1, 0.15) is 5.75 Å². The molecule has 2 aromatic heterocycles. The van der Waals surface area contributed by atoms with Crippen molar-refractivity contribution in [1.29, 1.82) is 0 Å². The lowest BCUT2D eigenvalue weighted by molar-refractivity contribution is 0.0613. The van der Waals surface area contributed by atoms with E-state index in [1.807, 2.05) is 17.9 Å². The molecule has 0 radical (unpaired) electrons. The van der Waals surface area contributed by atoms with Crippen molar-refractivity contribution in [3.05, 3.63) is 63.7 Å². The minimum Gasteiger partial charge on any atom is -0.508 e. The van der Waals surface area contributed by atoms with E-state index in [4.69, 9.17) is 0 Å². The summed E-state index contributed by atoms with van der Waals surface area (Å²) < 4.78 is 0. The van der Waals surface area contributed by atoms with Gasteiger partial charge in [-0.2, -0.15) is 0 Å². The molecule has 6 heteroatoms. The third-order valence-corrected chi connectivity index (χ3v) is 5.17. The van der Waals surface area contributed by atoms with Gasteiger partial charge in [0.25, 0.3) is 11.5 Å². The monoisotopic (exact) mass is 351 g/mol. The first kappa shape index (κ1) is 16.4. The van der Waals surface area contributed by atoms with Gasteiger partial charge in [0.2, 0.25) is 0 Å². The molecule has 1 fully saturated rings. The van der Waals surface area contributed by atoms with Gasteiger partial charge in [-0.1, -0.05) is 12.1 Å². The van der Waals surface area contributed by atoms with Gasteiger partial charge in [-0.3, -0.25) is 9.59 Å². The molecule has 134 valence electrons. The predicted molar refractivity (Wildman–Crippen MR) is 99.4 cm³/mol. The Morgan fingerprint density at radius 2 is 2.08 bits per heavy atom. The summed E-state index contributed by atoms with van der Waals surface area (Å²) in [7, 11) is 0. The van der Waals surface area contributed by atoms with Gasteiger partial charge in [0.05, 0.1) is 22.5 Å². The third-order valence-electron chi connectivity index (χ3n) is 5.17. The number of aromatic nitrogens is 2.